The summed E-state index contributed by atoms with van der Waals surface area (Å²) >= 11 is 0. The Hall–Kier alpha value is -0.450. The molecule has 0 aliphatic heterocycles. The van der Waals surface area contributed by atoms with Crippen LogP contribution in [0.15, 0.2) is 0 Å². The first-order valence-electron chi connectivity index (χ1n) is 5.99. The van der Waals surface area contributed by atoms with Gasteiger partial charge in [0.15, 0.2) is 0 Å². The number of Topliss-reactive ketones (excluding diaryl/α,β-unsaturated/α-hetero) is 1. The molecule has 0 aromatic rings. The predicted molar refractivity (Wildman–Crippen MR) is 62.5 cm³/mol. The second-order valence-corrected chi connectivity index (χ2v) is 3.88. The molecule has 0 spiro atoms. The summed E-state index contributed by atoms with van der Waals surface area (Å²) in [5.41, 5.74) is 0. The van der Waals surface area contributed by atoms with Crippen LogP contribution in [-0.2, 0) is 14.3 Å². The van der Waals surface area contributed by atoms with Gasteiger partial charge in [-0.2, -0.15) is 0 Å². The van der Waals surface area contributed by atoms with Crippen LogP contribution in [-0.4, -0.2) is 43.4 Å². The monoisotopic (exact) mass is 232 g/mol. The van der Waals surface area contributed by atoms with Gasteiger partial charge >= 0.3 is 0 Å². The number of rotatable bonds is 11. The fraction of sp³-hybridized carbons (Fsp3) is 0.917. The first-order chi connectivity index (χ1) is 7.66. The second kappa shape index (κ2) is 11.0. The van der Waals surface area contributed by atoms with Crippen LogP contribution in [0.2, 0.25) is 0 Å². The number of ketones is 1. The van der Waals surface area contributed by atoms with E-state index in [0.29, 0.717) is 32.8 Å². The van der Waals surface area contributed by atoms with E-state index >= 15 is 0 Å². The van der Waals surface area contributed by atoms with E-state index in [9.17, 15) is 9.90 Å². The van der Waals surface area contributed by atoms with Crippen molar-refractivity contribution in [3.8, 4) is 0 Å². The van der Waals surface area contributed by atoms with Gasteiger partial charge in [0.25, 0.3) is 0 Å². The molecule has 0 aliphatic rings. The number of aliphatic hydroxyl groups is 1. The first kappa shape index (κ1) is 15.6. The van der Waals surface area contributed by atoms with Crippen LogP contribution in [0.3, 0.4) is 0 Å². The van der Waals surface area contributed by atoms with Gasteiger partial charge in [-0.3, -0.25) is 4.79 Å². The Bertz CT molecular complexity index is 170. The molecule has 0 aromatic heterocycles. The van der Waals surface area contributed by atoms with Crippen LogP contribution in [0.1, 0.15) is 39.5 Å². The van der Waals surface area contributed by atoms with E-state index in [4.69, 9.17) is 9.47 Å². The number of carbonyl (C=O) groups excluding carboxylic acids is 1. The second-order valence-electron chi connectivity index (χ2n) is 3.88. The molecule has 96 valence electrons. The van der Waals surface area contributed by atoms with E-state index in [1.807, 2.05) is 6.92 Å². The van der Waals surface area contributed by atoms with E-state index in [-0.39, 0.29) is 11.9 Å². The maximum atomic E-state index is 10.6. The third-order valence-electron chi connectivity index (χ3n) is 2.27. The number of ether oxygens (including phenoxy) is 2. The highest BCUT2D eigenvalue weighted by Gasteiger charge is 1.99. The molecular weight excluding hydrogens is 208 g/mol. The molecule has 0 aliphatic carbocycles. The predicted octanol–water partition coefficient (Wildman–Crippen LogP) is 1.55. The molecule has 0 saturated heterocycles. The fourth-order valence-corrected chi connectivity index (χ4v) is 1.16. The molecule has 1 atom stereocenters. The summed E-state index contributed by atoms with van der Waals surface area (Å²) < 4.78 is 10.5. The normalized spacial score (nSPS) is 12.7. The third kappa shape index (κ3) is 11.6. The number of hydrogen-bond donors (Lipinski definition) is 1. The summed E-state index contributed by atoms with van der Waals surface area (Å²) in [6.07, 6.45) is 2.75. The lowest BCUT2D eigenvalue weighted by Crippen LogP contribution is -2.10. The summed E-state index contributed by atoms with van der Waals surface area (Å²) in [5.74, 6) is 0.148. The van der Waals surface area contributed by atoms with Crippen LogP contribution >= 0.6 is 0 Å². The van der Waals surface area contributed by atoms with Crippen LogP contribution in [0.25, 0.3) is 0 Å². The van der Waals surface area contributed by atoms with Crippen molar-refractivity contribution < 1.29 is 19.4 Å². The van der Waals surface area contributed by atoms with Gasteiger partial charge in [-0.15, -0.1) is 0 Å². The van der Waals surface area contributed by atoms with Crippen molar-refractivity contribution in [3.05, 3.63) is 0 Å². The summed E-state index contributed by atoms with van der Waals surface area (Å²) in [5, 5.41) is 9.27. The maximum Gasteiger partial charge on any atom is 0.132 e. The molecule has 1 unspecified atom stereocenters. The van der Waals surface area contributed by atoms with Gasteiger partial charge in [0.2, 0.25) is 0 Å². The minimum absolute atomic E-state index is 0.148. The number of carbonyl (C=O) groups is 1. The highest BCUT2D eigenvalue weighted by Crippen LogP contribution is 2.00. The SMILES string of the molecule is CCC(O)CCCOCCOCCC(C)=O. The van der Waals surface area contributed by atoms with Crippen LogP contribution in [0.5, 0.6) is 0 Å². The van der Waals surface area contributed by atoms with Gasteiger partial charge in [0, 0.05) is 13.0 Å². The molecule has 0 amide bonds. The molecule has 0 bridgehead atoms. The molecule has 4 heteroatoms. The Morgan fingerprint density at radius 2 is 1.81 bits per heavy atom. The fourth-order valence-electron chi connectivity index (χ4n) is 1.16. The highest BCUT2D eigenvalue weighted by atomic mass is 16.5. The zero-order chi connectivity index (χ0) is 12.2. The van der Waals surface area contributed by atoms with E-state index in [1.54, 1.807) is 6.92 Å². The minimum Gasteiger partial charge on any atom is -0.393 e. The molecule has 0 radical (unpaired) electrons. The Kier molecular flexibility index (Phi) is 10.7. The molecule has 0 heterocycles. The largest absolute Gasteiger partial charge is 0.393 e. The van der Waals surface area contributed by atoms with Crippen LogP contribution < -0.4 is 0 Å². The summed E-state index contributed by atoms with van der Waals surface area (Å²) in [6, 6.07) is 0. The topological polar surface area (TPSA) is 55.8 Å². The van der Waals surface area contributed by atoms with Crippen molar-refractivity contribution in [3.63, 3.8) is 0 Å². The van der Waals surface area contributed by atoms with E-state index in [0.717, 1.165) is 19.3 Å². The van der Waals surface area contributed by atoms with E-state index in [1.165, 1.54) is 0 Å². The van der Waals surface area contributed by atoms with Gasteiger partial charge < -0.3 is 14.6 Å². The van der Waals surface area contributed by atoms with Crippen molar-refractivity contribution in [1.29, 1.82) is 0 Å². The number of aliphatic hydroxyl groups excluding tert-OH is 1. The molecule has 0 saturated carbocycles. The van der Waals surface area contributed by atoms with Crippen molar-refractivity contribution in [1.82, 2.24) is 0 Å². The zero-order valence-electron chi connectivity index (χ0n) is 10.4. The molecule has 0 fully saturated rings. The summed E-state index contributed by atoms with van der Waals surface area (Å²) in [6.45, 7) is 5.75. The molecule has 16 heavy (non-hydrogen) atoms. The standard InChI is InChI=1S/C12H24O4/c1-3-12(14)5-4-7-15-9-10-16-8-6-11(2)13/h12,14H,3-10H2,1-2H3. The summed E-state index contributed by atoms with van der Waals surface area (Å²) in [4.78, 5) is 10.6. The molecule has 0 aromatic carbocycles. The Morgan fingerprint density at radius 3 is 2.38 bits per heavy atom. The van der Waals surface area contributed by atoms with Gasteiger partial charge in [0.05, 0.1) is 25.9 Å². The van der Waals surface area contributed by atoms with Crippen LogP contribution in [0.4, 0.5) is 0 Å². The maximum absolute atomic E-state index is 10.6. The highest BCUT2D eigenvalue weighted by molar-refractivity contribution is 5.75. The zero-order valence-corrected chi connectivity index (χ0v) is 10.4. The Morgan fingerprint density at radius 1 is 1.19 bits per heavy atom. The average molecular weight is 232 g/mol. The first-order valence-corrected chi connectivity index (χ1v) is 5.99. The lowest BCUT2D eigenvalue weighted by Gasteiger charge is -2.08. The lowest BCUT2D eigenvalue weighted by molar-refractivity contribution is -0.118. The van der Waals surface area contributed by atoms with E-state index in [2.05, 4.69) is 0 Å². The molecule has 4 nitrogen and oxygen atoms in total. The van der Waals surface area contributed by atoms with Crippen molar-refractivity contribution in [2.24, 2.45) is 0 Å². The van der Waals surface area contributed by atoms with E-state index < -0.39 is 0 Å². The molecular formula is C12H24O4. The van der Waals surface area contributed by atoms with Crippen molar-refractivity contribution in [2.75, 3.05) is 26.4 Å². The summed E-state index contributed by atoms with van der Waals surface area (Å²) in [7, 11) is 0. The van der Waals surface area contributed by atoms with Crippen molar-refractivity contribution >= 4 is 5.78 Å². The lowest BCUT2D eigenvalue weighted by atomic mass is 10.2. The van der Waals surface area contributed by atoms with Gasteiger partial charge in [-0.05, 0) is 26.2 Å². The van der Waals surface area contributed by atoms with Gasteiger partial charge in [-0.25, -0.2) is 0 Å². The average Bonchev–Trinajstić information content (AvgIpc) is 2.26. The smallest absolute Gasteiger partial charge is 0.132 e. The van der Waals surface area contributed by atoms with Crippen molar-refractivity contribution in [2.45, 2.75) is 45.6 Å². The van der Waals surface area contributed by atoms with Gasteiger partial charge in [0.1, 0.15) is 5.78 Å². The minimum atomic E-state index is -0.199. The quantitative estimate of drug-likeness (QED) is 0.549. The Labute approximate surface area is 97.9 Å². The molecule has 1 N–H and O–H groups in total. The molecule has 0 rings (SSSR count). The number of hydrogen-bond acceptors (Lipinski definition) is 4. The van der Waals surface area contributed by atoms with Gasteiger partial charge in [-0.1, -0.05) is 6.92 Å². The van der Waals surface area contributed by atoms with Crippen LogP contribution in [0, 0.1) is 0 Å². The third-order valence-corrected chi connectivity index (χ3v) is 2.27. The Balaban J connectivity index is 3.01.